The predicted molar refractivity (Wildman–Crippen MR) is 102 cm³/mol. The maximum atomic E-state index is 12.2. The molecule has 3 aliphatic carbocycles. The van der Waals surface area contributed by atoms with Crippen LogP contribution in [0.2, 0.25) is 0 Å². The normalized spacial score (nSPS) is 41.9. The van der Waals surface area contributed by atoms with Crippen LogP contribution in [0.15, 0.2) is 36.6 Å². The van der Waals surface area contributed by atoms with Gasteiger partial charge >= 0.3 is 0 Å². The largest absolute Gasteiger partial charge is 0.319 e. The van der Waals surface area contributed by atoms with E-state index in [1.165, 1.54) is 30.7 Å². The van der Waals surface area contributed by atoms with E-state index in [1.54, 1.807) is 0 Å². The van der Waals surface area contributed by atoms with Gasteiger partial charge in [0.05, 0.1) is 6.33 Å². The summed E-state index contributed by atoms with van der Waals surface area (Å²) in [4.78, 5) is 18.5. The van der Waals surface area contributed by atoms with Crippen LogP contribution in [-0.2, 0) is 4.79 Å². The standard InChI is InChI=1S/C22H29N3O/c1-21-11-9-20(26)24(3)18(21)6-4-15-16-5-7-19(25-13-12-23-14-25)22(16,2)10-8-17(15)21/h6-7,12-17H,4-5,8-11H2,1-3H3/t15?,16?,17?,21-,22+/m1/s1. The van der Waals surface area contributed by atoms with Crippen molar-refractivity contribution in [2.24, 2.45) is 28.6 Å². The lowest BCUT2D eigenvalue weighted by atomic mass is 9.49. The Balaban J connectivity index is 1.50. The van der Waals surface area contributed by atoms with Crippen LogP contribution in [0.4, 0.5) is 0 Å². The van der Waals surface area contributed by atoms with Gasteiger partial charge in [-0.05, 0) is 49.9 Å². The summed E-state index contributed by atoms with van der Waals surface area (Å²) in [7, 11) is 1.98. The van der Waals surface area contributed by atoms with Gasteiger partial charge in [-0.25, -0.2) is 4.98 Å². The lowest BCUT2D eigenvalue weighted by molar-refractivity contribution is -0.135. The number of hydrogen-bond donors (Lipinski definition) is 0. The predicted octanol–water partition coefficient (Wildman–Crippen LogP) is 4.32. The Bertz CT molecular complexity index is 807. The zero-order valence-corrected chi connectivity index (χ0v) is 16.1. The molecular formula is C22H29N3O. The van der Waals surface area contributed by atoms with Gasteiger partial charge in [0.2, 0.25) is 5.91 Å². The smallest absolute Gasteiger partial charge is 0.226 e. The Morgan fingerprint density at radius 1 is 1.08 bits per heavy atom. The highest BCUT2D eigenvalue weighted by Gasteiger charge is 2.57. The van der Waals surface area contributed by atoms with E-state index >= 15 is 0 Å². The van der Waals surface area contributed by atoms with Gasteiger partial charge in [0.15, 0.2) is 0 Å². The number of hydrogen-bond acceptors (Lipinski definition) is 2. The van der Waals surface area contributed by atoms with Gasteiger partial charge in [-0.2, -0.15) is 0 Å². The molecule has 1 amide bonds. The van der Waals surface area contributed by atoms with Gasteiger partial charge in [-0.1, -0.05) is 26.0 Å². The second-order valence-corrected chi connectivity index (χ2v) is 9.32. The number of fused-ring (bicyclic) bond motifs is 5. The van der Waals surface area contributed by atoms with Gasteiger partial charge in [0.1, 0.15) is 0 Å². The molecule has 0 aromatic carbocycles. The van der Waals surface area contributed by atoms with Crippen LogP contribution >= 0.6 is 0 Å². The Hall–Kier alpha value is -1.84. The van der Waals surface area contributed by atoms with Crippen molar-refractivity contribution in [3.05, 3.63) is 36.6 Å². The van der Waals surface area contributed by atoms with Gasteiger partial charge in [-0.15, -0.1) is 0 Å². The fourth-order valence-corrected chi connectivity index (χ4v) is 6.93. The minimum absolute atomic E-state index is 0.171. The SMILES string of the molecule is CN1C(=O)CC[C@@]2(C)C1=CCC1C2CC[C@]2(C)C(n3ccnc3)=CCC12. The lowest BCUT2D eigenvalue weighted by Crippen LogP contribution is -2.53. The molecule has 1 saturated heterocycles. The molecule has 5 rings (SSSR count). The lowest BCUT2D eigenvalue weighted by Gasteiger charge is -2.58. The Morgan fingerprint density at radius 2 is 1.85 bits per heavy atom. The molecule has 3 unspecified atom stereocenters. The van der Waals surface area contributed by atoms with Gasteiger partial charge in [-0.3, -0.25) is 4.79 Å². The molecule has 26 heavy (non-hydrogen) atoms. The van der Waals surface area contributed by atoms with E-state index in [9.17, 15) is 4.79 Å². The first kappa shape index (κ1) is 16.3. The molecule has 0 spiro atoms. The second kappa shape index (κ2) is 5.34. The van der Waals surface area contributed by atoms with Gasteiger partial charge in [0, 0.05) is 48.1 Å². The first-order chi connectivity index (χ1) is 12.4. The molecule has 2 fully saturated rings. The molecule has 0 radical (unpaired) electrons. The minimum atomic E-state index is 0.171. The number of amides is 1. The molecule has 4 aliphatic rings. The summed E-state index contributed by atoms with van der Waals surface area (Å²) in [5.74, 6) is 2.42. The van der Waals surface area contributed by atoms with Crippen molar-refractivity contribution in [3.63, 3.8) is 0 Å². The van der Waals surface area contributed by atoms with Crippen molar-refractivity contribution in [1.82, 2.24) is 14.5 Å². The fraction of sp³-hybridized carbons (Fsp3) is 0.636. The van der Waals surface area contributed by atoms with Crippen molar-refractivity contribution >= 4 is 11.6 Å². The van der Waals surface area contributed by atoms with Crippen molar-refractivity contribution in [2.45, 2.75) is 52.4 Å². The summed E-state index contributed by atoms with van der Waals surface area (Å²) in [5.41, 5.74) is 3.18. The zero-order chi connectivity index (χ0) is 18.1. The van der Waals surface area contributed by atoms with E-state index in [2.05, 4.69) is 41.7 Å². The maximum Gasteiger partial charge on any atom is 0.226 e. The van der Waals surface area contributed by atoms with E-state index in [4.69, 9.17) is 0 Å². The van der Waals surface area contributed by atoms with Gasteiger partial charge < -0.3 is 9.47 Å². The first-order valence-corrected chi connectivity index (χ1v) is 10.1. The van der Waals surface area contributed by atoms with E-state index in [-0.39, 0.29) is 16.7 Å². The highest BCUT2D eigenvalue weighted by atomic mass is 16.2. The number of carbonyl (C=O) groups excluding carboxylic acids is 1. The summed E-state index contributed by atoms with van der Waals surface area (Å²) >= 11 is 0. The third kappa shape index (κ3) is 1.96. The number of aromatic nitrogens is 2. The summed E-state index contributed by atoms with van der Waals surface area (Å²) in [6.07, 6.45) is 17.3. The van der Waals surface area contributed by atoms with E-state index in [0.29, 0.717) is 18.3 Å². The minimum Gasteiger partial charge on any atom is -0.319 e. The number of likely N-dealkylation sites (tertiary alicyclic amines) is 1. The molecule has 0 bridgehead atoms. The van der Waals surface area contributed by atoms with Crippen LogP contribution in [0.3, 0.4) is 0 Å². The third-order valence-corrected chi connectivity index (χ3v) is 8.34. The van der Waals surface area contributed by atoms with Crippen molar-refractivity contribution in [3.8, 4) is 0 Å². The third-order valence-electron chi connectivity index (χ3n) is 8.34. The fourth-order valence-electron chi connectivity index (χ4n) is 6.93. The molecule has 1 saturated carbocycles. The maximum absolute atomic E-state index is 12.2. The summed E-state index contributed by atoms with van der Waals surface area (Å²) in [5, 5.41) is 0. The van der Waals surface area contributed by atoms with Gasteiger partial charge in [0.25, 0.3) is 0 Å². The molecule has 5 atom stereocenters. The molecule has 1 aromatic rings. The first-order valence-electron chi connectivity index (χ1n) is 10.1. The Labute approximate surface area is 156 Å². The van der Waals surface area contributed by atoms with Crippen molar-refractivity contribution in [1.29, 1.82) is 0 Å². The quantitative estimate of drug-likeness (QED) is 0.755. The number of rotatable bonds is 1. The van der Waals surface area contributed by atoms with Crippen molar-refractivity contribution < 1.29 is 4.79 Å². The van der Waals surface area contributed by atoms with Crippen LogP contribution in [-0.4, -0.2) is 27.4 Å². The molecule has 4 nitrogen and oxygen atoms in total. The van der Waals surface area contributed by atoms with Crippen LogP contribution in [0.25, 0.3) is 5.70 Å². The molecule has 4 heteroatoms. The number of piperidine rings is 1. The van der Waals surface area contributed by atoms with Crippen LogP contribution in [0.5, 0.6) is 0 Å². The van der Waals surface area contributed by atoms with E-state index < -0.39 is 0 Å². The summed E-state index contributed by atoms with van der Waals surface area (Å²) in [6, 6.07) is 0. The van der Waals surface area contributed by atoms with Crippen LogP contribution in [0, 0.1) is 28.6 Å². The second-order valence-electron chi connectivity index (χ2n) is 9.32. The molecule has 1 aromatic heterocycles. The molecule has 1 aliphatic heterocycles. The number of allylic oxidation sites excluding steroid dienone is 4. The van der Waals surface area contributed by atoms with Crippen LogP contribution in [0.1, 0.15) is 52.4 Å². The summed E-state index contributed by atoms with van der Waals surface area (Å²) < 4.78 is 2.24. The molecule has 0 N–H and O–H groups in total. The average molecular weight is 351 g/mol. The highest BCUT2D eigenvalue weighted by Crippen LogP contribution is 2.65. The zero-order valence-electron chi connectivity index (χ0n) is 16.1. The molecular weight excluding hydrogens is 322 g/mol. The molecule has 2 heterocycles. The van der Waals surface area contributed by atoms with Crippen molar-refractivity contribution in [2.75, 3.05) is 7.05 Å². The van der Waals surface area contributed by atoms with Crippen LogP contribution < -0.4 is 0 Å². The monoisotopic (exact) mass is 351 g/mol. The van der Waals surface area contributed by atoms with E-state index in [1.807, 2.05) is 24.5 Å². The topological polar surface area (TPSA) is 38.1 Å². The average Bonchev–Trinajstić information content (AvgIpc) is 3.25. The summed E-state index contributed by atoms with van der Waals surface area (Å²) in [6.45, 7) is 4.91. The highest BCUT2D eigenvalue weighted by molar-refractivity contribution is 5.79. The Kier molecular flexibility index (Phi) is 3.35. The molecule has 138 valence electrons. The van der Waals surface area contributed by atoms with E-state index in [0.717, 1.165) is 18.8 Å². The Morgan fingerprint density at radius 3 is 2.62 bits per heavy atom. The number of carbonyl (C=O) groups is 1. The number of imidazole rings is 1. The number of nitrogens with zero attached hydrogens (tertiary/aromatic N) is 3.